The number of para-hydroxylation sites is 1. The molecule has 5 aromatic heterocycles. The summed E-state index contributed by atoms with van der Waals surface area (Å²) in [5.41, 5.74) is 8.53. The van der Waals surface area contributed by atoms with E-state index in [1.54, 1.807) is 24.8 Å². The fraction of sp³-hybridized carbons (Fsp3) is 0. The van der Waals surface area contributed by atoms with E-state index in [0.717, 1.165) is 61.3 Å². The summed E-state index contributed by atoms with van der Waals surface area (Å²) in [6.45, 7) is 0. The second-order valence-electron chi connectivity index (χ2n) is 9.05. The Kier molecular flexibility index (Phi) is 5.37. The van der Waals surface area contributed by atoms with Gasteiger partial charge in [-0.15, -0.1) is 0 Å². The number of benzene rings is 2. The highest BCUT2D eigenvalue weighted by Gasteiger charge is 2.14. The van der Waals surface area contributed by atoms with Crippen LogP contribution in [0.3, 0.4) is 0 Å². The number of hydrogen-bond acceptors (Lipinski definition) is 5. The van der Waals surface area contributed by atoms with E-state index < -0.39 is 0 Å². The van der Waals surface area contributed by atoms with Gasteiger partial charge in [0.15, 0.2) is 0 Å². The van der Waals surface area contributed by atoms with Crippen LogP contribution in [0, 0.1) is 0 Å². The molecule has 0 unspecified atom stereocenters. The summed E-state index contributed by atoms with van der Waals surface area (Å²) in [7, 11) is 0. The first-order valence-electron chi connectivity index (χ1n) is 12.4. The molecule has 7 rings (SSSR count). The Bertz CT molecular complexity index is 1860. The molecule has 0 saturated carbocycles. The predicted octanol–water partition coefficient (Wildman–Crippen LogP) is 7.64. The first kappa shape index (κ1) is 21.9. The van der Waals surface area contributed by atoms with Crippen molar-refractivity contribution < 1.29 is 0 Å². The lowest BCUT2D eigenvalue weighted by molar-refractivity contribution is 1.27. The molecule has 0 bridgehead atoms. The summed E-state index contributed by atoms with van der Waals surface area (Å²) in [6.07, 6.45) is 9.01. The topological polar surface area (TPSA) is 64.5 Å². The second kappa shape index (κ2) is 9.30. The molecule has 5 heteroatoms. The van der Waals surface area contributed by atoms with Crippen LogP contribution in [0.5, 0.6) is 0 Å². The Hall–Kier alpha value is -5.29. The third-order valence-corrected chi connectivity index (χ3v) is 6.72. The number of rotatable bonds is 4. The molecule has 0 aliphatic carbocycles. The summed E-state index contributed by atoms with van der Waals surface area (Å²) < 4.78 is 0. The number of fused-ring (bicyclic) bond motifs is 3. The Morgan fingerprint density at radius 2 is 0.947 bits per heavy atom. The molecule has 178 valence electrons. The normalized spacial score (nSPS) is 11.2. The molecule has 5 heterocycles. The maximum absolute atomic E-state index is 5.05. The summed E-state index contributed by atoms with van der Waals surface area (Å²) in [6, 6.07) is 32.9. The van der Waals surface area contributed by atoms with Gasteiger partial charge in [-0.3, -0.25) is 15.0 Å². The average molecular weight is 488 g/mol. The summed E-state index contributed by atoms with van der Waals surface area (Å²) in [5.74, 6) is 0. The van der Waals surface area contributed by atoms with Crippen molar-refractivity contribution in [3.05, 3.63) is 128 Å². The Morgan fingerprint density at radius 1 is 0.395 bits per heavy atom. The van der Waals surface area contributed by atoms with Gasteiger partial charge in [0.25, 0.3) is 0 Å². The zero-order valence-corrected chi connectivity index (χ0v) is 20.4. The number of pyridine rings is 5. The molecule has 7 aromatic rings. The molecule has 38 heavy (non-hydrogen) atoms. The standard InChI is InChI=1S/C33H21N5/c1-2-7-28-26(5-1)27-6-3-4-8-29(27)38-33(28)32-19-24(13-18-36-32)25-20-30(22-9-14-34-15-10-22)37-31(21-25)23-11-16-35-17-12-23/h1-21H. The second-order valence-corrected chi connectivity index (χ2v) is 9.05. The van der Waals surface area contributed by atoms with Crippen LogP contribution in [0.25, 0.3) is 66.7 Å². The van der Waals surface area contributed by atoms with Crippen LogP contribution in [-0.2, 0) is 0 Å². The highest BCUT2D eigenvalue weighted by atomic mass is 14.8. The van der Waals surface area contributed by atoms with Gasteiger partial charge >= 0.3 is 0 Å². The fourth-order valence-corrected chi connectivity index (χ4v) is 4.88. The molecular weight excluding hydrogens is 466 g/mol. The molecule has 0 amide bonds. The van der Waals surface area contributed by atoms with Gasteiger partial charge in [0.1, 0.15) is 0 Å². The van der Waals surface area contributed by atoms with Crippen molar-refractivity contribution in [3.63, 3.8) is 0 Å². The monoisotopic (exact) mass is 487 g/mol. The van der Waals surface area contributed by atoms with Crippen molar-refractivity contribution in [2.75, 3.05) is 0 Å². The van der Waals surface area contributed by atoms with Gasteiger partial charge in [-0.1, -0.05) is 42.5 Å². The molecule has 0 aliphatic heterocycles. The van der Waals surface area contributed by atoms with Crippen molar-refractivity contribution in [2.24, 2.45) is 0 Å². The lowest BCUT2D eigenvalue weighted by atomic mass is 9.98. The van der Waals surface area contributed by atoms with Crippen LogP contribution in [0.1, 0.15) is 0 Å². The van der Waals surface area contributed by atoms with E-state index in [4.69, 9.17) is 15.0 Å². The number of nitrogens with zero attached hydrogens (tertiary/aromatic N) is 5. The van der Waals surface area contributed by atoms with Crippen LogP contribution in [0.2, 0.25) is 0 Å². The summed E-state index contributed by atoms with van der Waals surface area (Å²) in [4.78, 5) is 23.1. The molecule has 0 spiro atoms. The molecule has 0 radical (unpaired) electrons. The first-order chi connectivity index (χ1) is 18.8. The van der Waals surface area contributed by atoms with Crippen molar-refractivity contribution in [1.82, 2.24) is 24.9 Å². The van der Waals surface area contributed by atoms with Crippen LogP contribution in [-0.4, -0.2) is 24.9 Å². The molecule has 0 N–H and O–H groups in total. The number of hydrogen-bond donors (Lipinski definition) is 0. The van der Waals surface area contributed by atoms with Crippen molar-refractivity contribution in [1.29, 1.82) is 0 Å². The smallest absolute Gasteiger partial charge is 0.0972 e. The van der Waals surface area contributed by atoms with E-state index in [1.165, 1.54) is 5.39 Å². The SMILES string of the molecule is c1ccc2c(c1)nc(-c1cc(-c3cc(-c4ccncc4)nc(-c4ccncc4)c3)ccn1)c1ccccc12. The Morgan fingerprint density at radius 3 is 1.63 bits per heavy atom. The van der Waals surface area contributed by atoms with Crippen LogP contribution >= 0.6 is 0 Å². The van der Waals surface area contributed by atoms with Gasteiger partial charge in [0, 0.05) is 52.9 Å². The van der Waals surface area contributed by atoms with Crippen molar-refractivity contribution >= 4 is 21.7 Å². The summed E-state index contributed by atoms with van der Waals surface area (Å²) >= 11 is 0. The molecular formula is C33H21N5. The first-order valence-corrected chi connectivity index (χ1v) is 12.4. The minimum Gasteiger partial charge on any atom is -0.265 e. The molecule has 0 atom stereocenters. The third-order valence-electron chi connectivity index (χ3n) is 6.72. The van der Waals surface area contributed by atoms with E-state index in [9.17, 15) is 0 Å². The molecule has 0 fully saturated rings. The molecule has 5 nitrogen and oxygen atoms in total. The molecule has 2 aromatic carbocycles. The number of aromatic nitrogens is 5. The van der Waals surface area contributed by atoms with Gasteiger partial charge in [0.2, 0.25) is 0 Å². The minimum atomic E-state index is 0.831. The highest BCUT2D eigenvalue weighted by Crippen LogP contribution is 2.34. The summed E-state index contributed by atoms with van der Waals surface area (Å²) in [5, 5.41) is 3.39. The van der Waals surface area contributed by atoms with E-state index in [0.29, 0.717) is 0 Å². The molecule has 0 aliphatic rings. The van der Waals surface area contributed by atoms with E-state index in [1.807, 2.05) is 42.6 Å². The Balaban J connectivity index is 1.42. The highest BCUT2D eigenvalue weighted by molar-refractivity contribution is 6.10. The maximum atomic E-state index is 5.05. The van der Waals surface area contributed by atoms with Crippen LogP contribution < -0.4 is 0 Å². The van der Waals surface area contributed by atoms with Crippen molar-refractivity contribution in [3.8, 4) is 45.0 Å². The largest absolute Gasteiger partial charge is 0.265 e. The molecule has 0 saturated heterocycles. The maximum Gasteiger partial charge on any atom is 0.0972 e. The van der Waals surface area contributed by atoms with E-state index in [-0.39, 0.29) is 0 Å². The zero-order valence-electron chi connectivity index (χ0n) is 20.4. The van der Waals surface area contributed by atoms with Gasteiger partial charge in [-0.2, -0.15) is 0 Å². The van der Waals surface area contributed by atoms with Gasteiger partial charge < -0.3 is 0 Å². The van der Waals surface area contributed by atoms with Crippen LogP contribution in [0.4, 0.5) is 0 Å². The average Bonchev–Trinajstić information content (AvgIpc) is 3.01. The third kappa shape index (κ3) is 3.96. The van der Waals surface area contributed by atoms with Gasteiger partial charge in [-0.25, -0.2) is 9.97 Å². The van der Waals surface area contributed by atoms with Gasteiger partial charge in [0.05, 0.1) is 28.3 Å². The lowest BCUT2D eigenvalue weighted by Gasteiger charge is -2.12. The van der Waals surface area contributed by atoms with Crippen LogP contribution in [0.15, 0.2) is 128 Å². The van der Waals surface area contributed by atoms with Crippen molar-refractivity contribution in [2.45, 2.75) is 0 Å². The minimum absolute atomic E-state index is 0.831. The predicted molar refractivity (Wildman–Crippen MR) is 152 cm³/mol. The Labute approximate surface area is 219 Å². The quantitative estimate of drug-likeness (QED) is 0.239. The van der Waals surface area contributed by atoms with Gasteiger partial charge in [-0.05, 0) is 71.1 Å². The lowest BCUT2D eigenvalue weighted by Crippen LogP contribution is -1.94. The van der Waals surface area contributed by atoms with E-state index >= 15 is 0 Å². The van der Waals surface area contributed by atoms with E-state index in [2.05, 4.69) is 70.6 Å². The zero-order chi connectivity index (χ0) is 25.3. The fourth-order valence-electron chi connectivity index (χ4n) is 4.88.